The van der Waals surface area contributed by atoms with Crippen molar-refractivity contribution in [1.29, 1.82) is 0 Å². The Morgan fingerprint density at radius 2 is 2.24 bits per heavy atom. The zero-order valence-corrected chi connectivity index (χ0v) is 11.6. The van der Waals surface area contributed by atoms with Gasteiger partial charge in [-0.15, -0.1) is 11.6 Å². The van der Waals surface area contributed by atoms with Crippen LogP contribution < -0.4 is 0 Å². The van der Waals surface area contributed by atoms with E-state index in [2.05, 4.69) is 0 Å². The van der Waals surface area contributed by atoms with Crippen LogP contribution >= 0.6 is 35.6 Å². The molecule has 0 unspecified atom stereocenters. The van der Waals surface area contributed by atoms with Crippen LogP contribution in [0.1, 0.15) is 19.8 Å². The zero-order valence-electron chi connectivity index (χ0n) is 9.23. The third-order valence-corrected chi connectivity index (χ3v) is 4.01. The summed E-state index contributed by atoms with van der Waals surface area (Å²) in [6, 6.07) is 0. The Kier molecular flexibility index (Phi) is 5.42. The second-order valence-corrected chi connectivity index (χ2v) is 5.40. The maximum Gasteiger partial charge on any atom is 0.323 e. The van der Waals surface area contributed by atoms with Crippen molar-refractivity contribution in [1.82, 2.24) is 4.90 Å². The van der Waals surface area contributed by atoms with E-state index in [1.165, 1.54) is 0 Å². The van der Waals surface area contributed by atoms with Crippen LogP contribution in [0.3, 0.4) is 0 Å². The maximum absolute atomic E-state index is 12.0. The van der Waals surface area contributed by atoms with Crippen LogP contribution in [0, 0.1) is 0 Å². The summed E-state index contributed by atoms with van der Waals surface area (Å²) in [6.07, 6.45) is 1.33. The molecule has 1 rings (SSSR count). The van der Waals surface area contributed by atoms with Crippen LogP contribution in [-0.4, -0.2) is 38.6 Å². The van der Waals surface area contributed by atoms with Crippen LogP contribution in [0.25, 0.3) is 0 Å². The van der Waals surface area contributed by atoms with Gasteiger partial charge in [0, 0.05) is 5.88 Å². The quantitative estimate of drug-likeness (QED) is 0.478. The van der Waals surface area contributed by atoms with Crippen molar-refractivity contribution in [3.05, 3.63) is 10.5 Å². The summed E-state index contributed by atoms with van der Waals surface area (Å²) in [4.78, 5) is 24.3. The minimum atomic E-state index is -1.07. The van der Waals surface area contributed by atoms with Gasteiger partial charge in [0.05, 0.1) is 4.91 Å². The molecule has 0 saturated carbocycles. The number of carbonyl (C=O) groups excluding carboxylic acids is 1. The summed E-state index contributed by atoms with van der Waals surface area (Å²) < 4.78 is 0.299. The highest BCUT2D eigenvalue weighted by atomic mass is 35.5. The number of hydrogen-bond acceptors (Lipinski definition) is 4. The summed E-state index contributed by atoms with van der Waals surface area (Å²) in [5.74, 6) is -0.950. The molecule has 1 amide bonds. The number of carboxylic acid groups (broad SMARTS) is 1. The molecule has 0 aromatic carbocycles. The van der Waals surface area contributed by atoms with Crippen molar-refractivity contribution in [2.75, 3.05) is 12.4 Å². The Morgan fingerprint density at radius 1 is 1.59 bits per heavy atom. The number of thiocarbonyl (C=S) groups is 1. The molecule has 0 spiro atoms. The standard InChI is InChI=1S/C10H12ClNO3S2/c1-2-6(3-4-11)8-9(15)12(5-7(13)14)10(16)17-8/h2-5H2,1H3,(H,13,14)/b8-6+. The minimum absolute atomic E-state index is 0.299. The van der Waals surface area contributed by atoms with Gasteiger partial charge in [0.25, 0.3) is 5.91 Å². The normalized spacial score (nSPS) is 18.8. The molecule has 4 nitrogen and oxygen atoms in total. The molecule has 1 aliphatic heterocycles. The number of halogens is 1. The Hall–Kier alpha value is -0.590. The highest BCUT2D eigenvalue weighted by Gasteiger charge is 2.34. The second kappa shape index (κ2) is 6.37. The number of carbonyl (C=O) groups is 2. The lowest BCUT2D eigenvalue weighted by Gasteiger charge is -2.11. The van der Waals surface area contributed by atoms with Gasteiger partial charge in [-0.1, -0.05) is 30.9 Å². The lowest BCUT2D eigenvalue weighted by molar-refractivity contribution is -0.140. The monoisotopic (exact) mass is 293 g/mol. The Balaban J connectivity index is 2.96. The lowest BCUT2D eigenvalue weighted by atomic mass is 10.1. The van der Waals surface area contributed by atoms with Crippen molar-refractivity contribution in [3.63, 3.8) is 0 Å². The molecule has 1 saturated heterocycles. The molecule has 0 aliphatic carbocycles. The predicted molar refractivity (Wildman–Crippen MR) is 72.2 cm³/mol. The Morgan fingerprint density at radius 3 is 2.71 bits per heavy atom. The smallest absolute Gasteiger partial charge is 0.323 e. The summed E-state index contributed by atoms with van der Waals surface area (Å²) in [5, 5.41) is 8.69. The third kappa shape index (κ3) is 3.43. The first kappa shape index (κ1) is 14.5. The van der Waals surface area contributed by atoms with Crippen LogP contribution in [0.2, 0.25) is 0 Å². The van der Waals surface area contributed by atoms with E-state index in [0.717, 1.165) is 22.2 Å². The number of allylic oxidation sites excluding steroid dienone is 1. The minimum Gasteiger partial charge on any atom is -0.480 e. The summed E-state index contributed by atoms with van der Waals surface area (Å²) >= 11 is 11.8. The number of amides is 1. The molecule has 0 aromatic rings. The molecular formula is C10H12ClNO3S2. The Labute approximate surface area is 114 Å². The van der Waals surface area contributed by atoms with Crippen molar-refractivity contribution in [3.8, 4) is 0 Å². The third-order valence-electron chi connectivity index (χ3n) is 2.29. The van der Waals surface area contributed by atoms with Gasteiger partial charge in [0.2, 0.25) is 0 Å². The van der Waals surface area contributed by atoms with Crippen molar-refractivity contribution >= 4 is 51.8 Å². The largest absolute Gasteiger partial charge is 0.480 e. The topological polar surface area (TPSA) is 57.6 Å². The van der Waals surface area contributed by atoms with Gasteiger partial charge in [-0.05, 0) is 18.4 Å². The first-order chi connectivity index (χ1) is 8.01. The van der Waals surface area contributed by atoms with E-state index < -0.39 is 5.97 Å². The molecule has 1 N–H and O–H groups in total. The predicted octanol–water partition coefficient (Wildman–Crippen LogP) is 2.22. The highest BCUT2D eigenvalue weighted by molar-refractivity contribution is 8.26. The van der Waals surface area contributed by atoms with Gasteiger partial charge in [-0.3, -0.25) is 14.5 Å². The van der Waals surface area contributed by atoms with Crippen molar-refractivity contribution in [2.24, 2.45) is 0 Å². The van der Waals surface area contributed by atoms with Crippen molar-refractivity contribution in [2.45, 2.75) is 19.8 Å². The molecular weight excluding hydrogens is 282 g/mol. The highest BCUT2D eigenvalue weighted by Crippen LogP contribution is 2.35. The Bertz CT molecular complexity index is 395. The molecule has 7 heteroatoms. The van der Waals surface area contributed by atoms with Crippen LogP contribution in [0.4, 0.5) is 0 Å². The molecule has 0 radical (unpaired) electrons. The van der Waals surface area contributed by atoms with E-state index in [1.54, 1.807) is 0 Å². The first-order valence-corrected chi connectivity index (χ1v) is 6.80. The second-order valence-electron chi connectivity index (χ2n) is 3.38. The molecule has 0 atom stereocenters. The van der Waals surface area contributed by atoms with E-state index in [9.17, 15) is 9.59 Å². The SMILES string of the molecule is CC/C(CCCl)=C1\SC(=S)N(CC(=O)O)C1=O. The van der Waals surface area contributed by atoms with E-state index >= 15 is 0 Å². The van der Waals surface area contributed by atoms with Crippen molar-refractivity contribution < 1.29 is 14.7 Å². The fraction of sp³-hybridized carbons (Fsp3) is 0.500. The average molecular weight is 294 g/mol. The van der Waals surface area contributed by atoms with E-state index in [1.807, 2.05) is 6.92 Å². The van der Waals surface area contributed by atoms with Gasteiger partial charge in [-0.2, -0.15) is 0 Å². The summed E-state index contributed by atoms with van der Waals surface area (Å²) in [5.41, 5.74) is 0.935. The fourth-order valence-corrected chi connectivity index (χ4v) is 3.10. The zero-order chi connectivity index (χ0) is 13.0. The van der Waals surface area contributed by atoms with Gasteiger partial charge in [0.1, 0.15) is 10.9 Å². The lowest BCUT2D eigenvalue weighted by Crippen LogP contribution is -2.33. The molecule has 1 heterocycles. The van der Waals surface area contributed by atoms with E-state index in [0.29, 0.717) is 27.9 Å². The van der Waals surface area contributed by atoms with Gasteiger partial charge in [0.15, 0.2) is 0 Å². The number of carboxylic acids is 1. The maximum atomic E-state index is 12.0. The fourth-order valence-electron chi connectivity index (χ4n) is 1.45. The van der Waals surface area contributed by atoms with Crippen LogP contribution in [0.15, 0.2) is 10.5 Å². The van der Waals surface area contributed by atoms with Crippen LogP contribution in [0.5, 0.6) is 0 Å². The van der Waals surface area contributed by atoms with E-state index in [-0.39, 0.29) is 12.5 Å². The summed E-state index contributed by atoms with van der Waals surface area (Å²) in [6.45, 7) is 1.55. The molecule has 1 fully saturated rings. The number of hydrogen-bond donors (Lipinski definition) is 1. The molecule has 17 heavy (non-hydrogen) atoms. The number of nitrogens with zero attached hydrogens (tertiary/aromatic N) is 1. The van der Waals surface area contributed by atoms with Gasteiger partial charge < -0.3 is 5.11 Å². The number of thioether (sulfide) groups is 1. The molecule has 0 bridgehead atoms. The number of alkyl halides is 1. The molecule has 1 aliphatic rings. The van der Waals surface area contributed by atoms with Gasteiger partial charge in [-0.25, -0.2) is 0 Å². The first-order valence-electron chi connectivity index (χ1n) is 5.04. The molecule has 94 valence electrons. The summed E-state index contributed by atoms with van der Waals surface area (Å²) in [7, 11) is 0. The van der Waals surface area contributed by atoms with Gasteiger partial charge >= 0.3 is 5.97 Å². The molecule has 0 aromatic heterocycles. The van der Waals surface area contributed by atoms with Crippen LogP contribution in [-0.2, 0) is 9.59 Å². The van der Waals surface area contributed by atoms with E-state index in [4.69, 9.17) is 28.9 Å². The number of aliphatic carboxylic acids is 1. The average Bonchev–Trinajstić information content (AvgIpc) is 2.53. The number of rotatable bonds is 5.